The smallest absolute Gasteiger partial charge is 0.338 e. The fourth-order valence-electron chi connectivity index (χ4n) is 2.30. The molecule has 0 radical (unpaired) electrons. The molecule has 0 saturated carbocycles. The monoisotopic (exact) mass is 482 g/mol. The molecule has 156 valence electrons. The highest BCUT2D eigenvalue weighted by Crippen LogP contribution is 2.19. The largest absolute Gasteiger partial charge is 0.452 e. The molecular weight excluding hydrogens is 460 g/mol. The second-order valence-corrected chi connectivity index (χ2v) is 9.35. The minimum atomic E-state index is -3.80. The minimum Gasteiger partial charge on any atom is -0.452 e. The van der Waals surface area contributed by atoms with Gasteiger partial charge < -0.3 is 10.1 Å². The van der Waals surface area contributed by atoms with E-state index in [9.17, 15) is 18.0 Å². The Kier molecular flexibility index (Phi) is 8.21. The third kappa shape index (κ3) is 7.51. The zero-order valence-electron chi connectivity index (χ0n) is 16.1. The fourth-order valence-corrected chi connectivity index (χ4v) is 3.62. The van der Waals surface area contributed by atoms with Crippen molar-refractivity contribution in [3.63, 3.8) is 0 Å². The van der Waals surface area contributed by atoms with E-state index >= 15 is 0 Å². The first-order valence-corrected chi connectivity index (χ1v) is 11.3. The number of esters is 1. The molecular formula is C20H23BrN2O5S. The van der Waals surface area contributed by atoms with E-state index in [-0.39, 0.29) is 22.1 Å². The van der Waals surface area contributed by atoms with E-state index in [2.05, 4.69) is 26.0 Å². The van der Waals surface area contributed by atoms with Gasteiger partial charge in [-0.05, 0) is 54.8 Å². The van der Waals surface area contributed by atoms with Crippen LogP contribution in [0.2, 0.25) is 0 Å². The molecule has 0 unspecified atom stereocenters. The van der Waals surface area contributed by atoms with Gasteiger partial charge in [0, 0.05) is 16.7 Å². The van der Waals surface area contributed by atoms with E-state index in [4.69, 9.17) is 4.74 Å². The van der Waals surface area contributed by atoms with Gasteiger partial charge in [-0.15, -0.1) is 0 Å². The lowest BCUT2D eigenvalue weighted by Gasteiger charge is -2.10. The highest BCUT2D eigenvalue weighted by atomic mass is 79.9. The number of nitrogens with one attached hydrogen (secondary N) is 2. The Labute approximate surface area is 179 Å². The molecule has 2 aromatic rings. The van der Waals surface area contributed by atoms with Gasteiger partial charge in [0.2, 0.25) is 0 Å². The highest BCUT2D eigenvalue weighted by molar-refractivity contribution is 9.10. The summed E-state index contributed by atoms with van der Waals surface area (Å²) in [4.78, 5) is 24.0. The summed E-state index contributed by atoms with van der Waals surface area (Å²) in [7, 11) is -3.80. The molecule has 2 rings (SSSR count). The maximum Gasteiger partial charge on any atom is 0.338 e. The first-order valence-electron chi connectivity index (χ1n) is 8.99. The number of hydrogen-bond donors (Lipinski definition) is 2. The molecule has 0 atom stereocenters. The second kappa shape index (κ2) is 10.4. The molecule has 0 aliphatic carbocycles. The molecule has 9 heteroatoms. The number of anilines is 1. The maximum atomic E-state index is 12.5. The summed E-state index contributed by atoms with van der Waals surface area (Å²) in [6.45, 7) is 4.21. The molecule has 0 spiro atoms. The Hall–Kier alpha value is -2.39. The quantitative estimate of drug-likeness (QED) is 0.531. The number of rotatable bonds is 9. The lowest BCUT2D eigenvalue weighted by molar-refractivity contribution is -0.124. The molecule has 2 N–H and O–H groups in total. The Bertz CT molecular complexity index is 959. The Balaban J connectivity index is 1.97. The number of hydrogen-bond acceptors (Lipinski definition) is 5. The number of benzene rings is 2. The van der Waals surface area contributed by atoms with Crippen molar-refractivity contribution >= 4 is 43.5 Å². The second-order valence-electron chi connectivity index (χ2n) is 6.75. The number of sulfonamides is 1. The van der Waals surface area contributed by atoms with Gasteiger partial charge in [-0.2, -0.15) is 0 Å². The van der Waals surface area contributed by atoms with Crippen molar-refractivity contribution in [3.05, 3.63) is 58.6 Å². The van der Waals surface area contributed by atoms with Crippen LogP contribution in [0, 0.1) is 5.92 Å². The Morgan fingerprint density at radius 3 is 2.45 bits per heavy atom. The topological polar surface area (TPSA) is 102 Å². The molecule has 0 bridgehead atoms. The van der Waals surface area contributed by atoms with Crippen LogP contribution in [0.1, 0.15) is 30.6 Å². The lowest BCUT2D eigenvalue weighted by atomic mass is 10.1. The Morgan fingerprint density at radius 2 is 1.79 bits per heavy atom. The van der Waals surface area contributed by atoms with Crippen molar-refractivity contribution in [2.24, 2.45) is 5.92 Å². The molecule has 0 aromatic heterocycles. The SMILES string of the molecule is CC(C)CCNC(=O)COC(=O)c1cccc(NS(=O)(=O)c2ccc(Br)cc2)c1. The maximum absolute atomic E-state index is 12.5. The van der Waals surface area contributed by atoms with Crippen molar-refractivity contribution in [1.29, 1.82) is 0 Å². The summed E-state index contributed by atoms with van der Waals surface area (Å²) in [6.07, 6.45) is 0.834. The summed E-state index contributed by atoms with van der Waals surface area (Å²) < 4.78 is 33.1. The van der Waals surface area contributed by atoms with Gasteiger partial charge >= 0.3 is 5.97 Å². The molecule has 0 heterocycles. The minimum absolute atomic E-state index is 0.0896. The zero-order chi connectivity index (χ0) is 21.4. The van der Waals surface area contributed by atoms with Crippen molar-refractivity contribution in [2.45, 2.75) is 25.2 Å². The number of ether oxygens (including phenoxy) is 1. The predicted octanol–water partition coefficient (Wildman–Crippen LogP) is 3.57. The first kappa shape index (κ1) is 22.9. The summed E-state index contributed by atoms with van der Waals surface area (Å²) in [5.41, 5.74) is 0.347. The number of amides is 1. The number of halogens is 1. The third-order valence-corrected chi connectivity index (χ3v) is 5.78. The number of carbonyl (C=O) groups excluding carboxylic acids is 2. The van der Waals surface area contributed by atoms with Crippen LogP contribution < -0.4 is 10.0 Å². The molecule has 2 aromatic carbocycles. The summed E-state index contributed by atoms with van der Waals surface area (Å²) >= 11 is 3.25. The third-order valence-electron chi connectivity index (χ3n) is 3.85. The van der Waals surface area contributed by atoms with Gasteiger partial charge in [-0.3, -0.25) is 9.52 Å². The molecule has 0 aliphatic heterocycles. The number of carbonyl (C=O) groups is 2. The van der Waals surface area contributed by atoms with Crippen molar-refractivity contribution in [2.75, 3.05) is 17.9 Å². The van der Waals surface area contributed by atoms with Gasteiger partial charge in [0.05, 0.1) is 10.5 Å². The first-order chi connectivity index (χ1) is 13.7. The van der Waals surface area contributed by atoms with Gasteiger partial charge in [-0.25, -0.2) is 13.2 Å². The van der Waals surface area contributed by atoms with E-state index in [0.717, 1.165) is 10.9 Å². The highest BCUT2D eigenvalue weighted by Gasteiger charge is 2.16. The standard InChI is InChI=1S/C20H23BrN2O5S/c1-14(2)10-11-22-19(24)13-28-20(25)15-4-3-5-17(12-15)23-29(26,27)18-8-6-16(21)7-9-18/h3-9,12,14,23H,10-11,13H2,1-2H3,(H,22,24). The van der Waals surface area contributed by atoms with Crippen molar-refractivity contribution in [1.82, 2.24) is 5.32 Å². The summed E-state index contributed by atoms with van der Waals surface area (Å²) in [6, 6.07) is 12.0. The van der Waals surface area contributed by atoms with E-state index in [1.54, 1.807) is 12.1 Å². The normalized spacial score (nSPS) is 11.2. The van der Waals surface area contributed by atoms with Gasteiger partial charge in [0.1, 0.15) is 0 Å². The van der Waals surface area contributed by atoms with E-state index in [0.29, 0.717) is 12.5 Å². The summed E-state index contributed by atoms with van der Waals surface area (Å²) in [5.74, 6) is -0.637. The van der Waals surface area contributed by atoms with Crippen LogP contribution in [0.4, 0.5) is 5.69 Å². The molecule has 29 heavy (non-hydrogen) atoms. The van der Waals surface area contributed by atoms with E-state index < -0.39 is 22.6 Å². The molecule has 0 saturated heterocycles. The van der Waals surface area contributed by atoms with Crippen LogP contribution in [-0.4, -0.2) is 33.4 Å². The van der Waals surface area contributed by atoms with Crippen molar-refractivity contribution in [3.8, 4) is 0 Å². The average Bonchev–Trinajstić information content (AvgIpc) is 2.66. The van der Waals surface area contributed by atoms with Gasteiger partial charge in [0.25, 0.3) is 15.9 Å². The molecule has 0 fully saturated rings. The molecule has 1 amide bonds. The van der Waals surface area contributed by atoms with Crippen LogP contribution in [0.5, 0.6) is 0 Å². The average molecular weight is 483 g/mol. The Morgan fingerprint density at radius 1 is 1.10 bits per heavy atom. The van der Waals surface area contributed by atoms with Crippen LogP contribution in [0.3, 0.4) is 0 Å². The van der Waals surface area contributed by atoms with Crippen molar-refractivity contribution < 1.29 is 22.7 Å². The van der Waals surface area contributed by atoms with Crippen LogP contribution >= 0.6 is 15.9 Å². The lowest BCUT2D eigenvalue weighted by Crippen LogP contribution is -2.30. The molecule has 7 nitrogen and oxygen atoms in total. The van der Waals surface area contributed by atoms with Crippen LogP contribution in [-0.2, 0) is 19.6 Å². The van der Waals surface area contributed by atoms with Gasteiger partial charge in [0.15, 0.2) is 6.61 Å². The summed E-state index contributed by atoms with van der Waals surface area (Å²) in [5, 5.41) is 2.67. The predicted molar refractivity (Wildman–Crippen MR) is 114 cm³/mol. The zero-order valence-corrected chi connectivity index (χ0v) is 18.5. The fraction of sp³-hybridized carbons (Fsp3) is 0.300. The molecule has 0 aliphatic rings. The van der Waals surface area contributed by atoms with Crippen LogP contribution in [0.25, 0.3) is 0 Å². The van der Waals surface area contributed by atoms with Gasteiger partial charge in [-0.1, -0.05) is 35.8 Å². The van der Waals surface area contributed by atoms with E-state index in [1.165, 1.54) is 36.4 Å². The van der Waals surface area contributed by atoms with E-state index in [1.807, 2.05) is 13.8 Å². The van der Waals surface area contributed by atoms with Crippen LogP contribution in [0.15, 0.2) is 57.9 Å².